The lowest BCUT2D eigenvalue weighted by Crippen LogP contribution is -2.17. The van der Waals surface area contributed by atoms with Crippen LogP contribution in [-0.4, -0.2) is 41.6 Å². The Kier molecular flexibility index (Phi) is 4.54. The molecule has 3 N–H and O–H groups in total. The molecule has 26 heavy (non-hydrogen) atoms. The van der Waals surface area contributed by atoms with Gasteiger partial charge in [-0.3, -0.25) is 9.52 Å². The van der Waals surface area contributed by atoms with Crippen molar-refractivity contribution < 1.29 is 17.9 Å². The summed E-state index contributed by atoms with van der Waals surface area (Å²) in [6.07, 6.45) is 1.39. The molecule has 0 radical (unpaired) electrons. The summed E-state index contributed by atoms with van der Waals surface area (Å²) in [6.45, 7) is 0. The summed E-state index contributed by atoms with van der Waals surface area (Å²) in [7, 11) is -2.59. The van der Waals surface area contributed by atoms with Crippen molar-refractivity contribution in [2.75, 3.05) is 11.8 Å². The fraction of sp³-hybridized carbons (Fsp3) is 0.0667. The smallest absolute Gasteiger partial charge is 0.261 e. The molecule has 0 fully saturated rings. The quantitative estimate of drug-likeness (QED) is 0.642. The minimum atomic E-state index is -3.95. The lowest BCUT2D eigenvalue weighted by molar-refractivity contribution is 0.0997. The van der Waals surface area contributed by atoms with Crippen LogP contribution in [0.5, 0.6) is 5.75 Å². The Bertz CT molecular complexity index is 1050. The Morgan fingerprint density at radius 1 is 1.23 bits per heavy atom. The maximum atomic E-state index is 12.6. The number of methoxy groups -OCH3 is 1. The lowest BCUT2D eigenvalue weighted by atomic mass is 10.2. The number of hydrogen-bond donors (Lipinski definition) is 2. The van der Waals surface area contributed by atoms with E-state index in [1.807, 2.05) is 0 Å². The van der Waals surface area contributed by atoms with Crippen molar-refractivity contribution in [3.63, 3.8) is 0 Å². The number of nitrogens with two attached hydrogens (primary N) is 1. The number of carbonyl (C=O) groups is 1. The van der Waals surface area contributed by atoms with E-state index in [4.69, 9.17) is 10.5 Å². The maximum absolute atomic E-state index is 12.6. The standard InChI is InChI=1S/C15H14N6O4S/c1-25-14-6-5-12(8-13(14)15(16)22)26(23,24)18-10-3-2-4-11(7-10)21-9-17-19-20-21/h2-9,18H,1H3,(H2,16,22). The number of ether oxygens (including phenoxy) is 1. The molecule has 2 aromatic carbocycles. The average molecular weight is 374 g/mol. The average Bonchev–Trinajstić information content (AvgIpc) is 3.15. The first kappa shape index (κ1) is 17.4. The van der Waals surface area contributed by atoms with Gasteiger partial charge in [0.1, 0.15) is 12.1 Å². The first-order valence-electron chi connectivity index (χ1n) is 7.25. The molecule has 0 aliphatic heterocycles. The van der Waals surface area contributed by atoms with E-state index in [2.05, 4.69) is 20.2 Å². The van der Waals surface area contributed by atoms with E-state index >= 15 is 0 Å². The van der Waals surface area contributed by atoms with E-state index in [0.717, 1.165) is 6.07 Å². The normalized spacial score (nSPS) is 11.1. The second-order valence-corrected chi connectivity index (χ2v) is 6.82. The first-order chi connectivity index (χ1) is 12.4. The van der Waals surface area contributed by atoms with Crippen molar-refractivity contribution in [2.24, 2.45) is 5.73 Å². The van der Waals surface area contributed by atoms with Crippen LogP contribution in [0.3, 0.4) is 0 Å². The Morgan fingerprint density at radius 3 is 2.69 bits per heavy atom. The zero-order valence-electron chi connectivity index (χ0n) is 13.5. The minimum absolute atomic E-state index is 0.0298. The monoisotopic (exact) mass is 374 g/mol. The molecule has 3 rings (SSSR count). The molecule has 0 saturated heterocycles. The number of anilines is 1. The van der Waals surface area contributed by atoms with Gasteiger partial charge < -0.3 is 10.5 Å². The predicted molar refractivity (Wildman–Crippen MR) is 91.5 cm³/mol. The first-order valence-corrected chi connectivity index (χ1v) is 8.73. The molecule has 1 heterocycles. The summed E-state index contributed by atoms with van der Waals surface area (Å²) in [4.78, 5) is 11.4. The zero-order chi connectivity index (χ0) is 18.7. The number of rotatable bonds is 6. The molecule has 1 amide bonds. The number of sulfonamides is 1. The summed E-state index contributed by atoms with van der Waals surface area (Å²) < 4.78 is 34.1. The van der Waals surface area contributed by atoms with Gasteiger partial charge in [0.15, 0.2) is 0 Å². The second-order valence-electron chi connectivity index (χ2n) is 5.14. The highest BCUT2D eigenvalue weighted by Gasteiger charge is 2.19. The Labute approximate surface area is 148 Å². The van der Waals surface area contributed by atoms with E-state index in [1.54, 1.807) is 24.3 Å². The number of amides is 1. The molecule has 0 aliphatic carbocycles. The molecule has 3 aromatic rings. The van der Waals surface area contributed by atoms with Crippen LogP contribution in [0.4, 0.5) is 5.69 Å². The summed E-state index contributed by atoms with van der Waals surface area (Å²) in [6, 6.07) is 10.3. The van der Waals surface area contributed by atoms with Crippen molar-refractivity contribution in [1.82, 2.24) is 20.2 Å². The van der Waals surface area contributed by atoms with Crippen molar-refractivity contribution in [3.05, 3.63) is 54.4 Å². The van der Waals surface area contributed by atoms with Crippen LogP contribution >= 0.6 is 0 Å². The van der Waals surface area contributed by atoms with Crippen LogP contribution in [0.25, 0.3) is 5.69 Å². The minimum Gasteiger partial charge on any atom is -0.496 e. The van der Waals surface area contributed by atoms with Crippen LogP contribution in [0.1, 0.15) is 10.4 Å². The van der Waals surface area contributed by atoms with Gasteiger partial charge in [-0.2, -0.15) is 0 Å². The number of carbonyl (C=O) groups excluding carboxylic acids is 1. The highest BCUT2D eigenvalue weighted by molar-refractivity contribution is 7.92. The van der Waals surface area contributed by atoms with Crippen molar-refractivity contribution in [3.8, 4) is 11.4 Å². The third-order valence-electron chi connectivity index (χ3n) is 3.46. The molecule has 0 unspecified atom stereocenters. The number of nitrogens with zero attached hydrogens (tertiary/aromatic N) is 4. The summed E-state index contributed by atoms with van der Waals surface area (Å²) in [5.41, 5.74) is 6.12. The van der Waals surface area contributed by atoms with Gasteiger partial charge in [0, 0.05) is 0 Å². The van der Waals surface area contributed by atoms with E-state index in [1.165, 1.54) is 30.3 Å². The van der Waals surface area contributed by atoms with Gasteiger partial charge in [-0.25, -0.2) is 13.1 Å². The predicted octanol–water partition coefficient (Wildman–Crippen LogP) is 0.571. The van der Waals surface area contributed by atoms with Crippen LogP contribution in [-0.2, 0) is 10.0 Å². The highest BCUT2D eigenvalue weighted by atomic mass is 32.2. The molecule has 10 nitrogen and oxygen atoms in total. The summed E-state index contributed by atoms with van der Waals surface area (Å²) in [5.74, 6) is -0.600. The fourth-order valence-electron chi connectivity index (χ4n) is 2.25. The van der Waals surface area contributed by atoms with Gasteiger partial charge in [0.2, 0.25) is 0 Å². The number of hydrogen-bond acceptors (Lipinski definition) is 7. The molecule has 1 aromatic heterocycles. The molecule has 134 valence electrons. The van der Waals surface area contributed by atoms with Crippen LogP contribution in [0.15, 0.2) is 53.7 Å². The van der Waals surface area contributed by atoms with Gasteiger partial charge in [0.05, 0.1) is 28.9 Å². The molecule has 11 heteroatoms. The third kappa shape index (κ3) is 3.47. The molecule has 0 saturated carbocycles. The SMILES string of the molecule is COc1ccc(S(=O)(=O)Nc2cccc(-n3cnnn3)c2)cc1C(N)=O. The zero-order valence-corrected chi connectivity index (χ0v) is 14.3. The second kappa shape index (κ2) is 6.80. The van der Waals surface area contributed by atoms with E-state index < -0.39 is 15.9 Å². The van der Waals surface area contributed by atoms with Gasteiger partial charge in [-0.15, -0.1) is 5.10 Å². The Hall–Kier alpha value is -3.47. The van der Waals surface area contributed by atoms with Gasteiger partial charge >= 0.3 is 0 Å². The maximum Gasteiger partial charge on any atom is 0.261 e. The Balaban J connectivity index is 1.94. The molecule has 0 spiro atoms. The van der Waals surface area contributed by atoms with Crippen molar-refractivity contribution >= 4 is 21.6 Å². The highest BCUT2D eigenvalue weighted by Crippen LogP contribution is 2.24. The third-order valence-corrected chi connectivity index (χ3v) is 4.84. The van der Waals surface area contributed by atoms with Crippen LogP contribution < -0.4 is 15.2 Å². The van der Waals surface area contributed by atoms with E-state index in [0.29, 0.717) is 11.4 Å². The summed E-state index contributed by atoms with van der Waals surface area (Å²) in [5, 5.41) is 10.8. The van der Waals surface area contributed by atoms with Crippen LogP contribution in [0, 0.1) is 0 Å². The molecule has 0 bridgehead atoms. The topological polar surface area (TPSA) is 142 Å². The lowest BCUT2D eigenvalue weighted by Gasteiger charge is -2.11. The molecule has 0 aliphatic rings. The number of primary amides is 1. The number of aromatic nitrogens is 4. The van der Waals surface area contributed by atoms with Crippen molar-refractivity contribution in [2.45, 2.75) is 4.90 Å². The van der Waals surface area contributed by atoms with E-state index in [9.17, 15) is 13.2 Å². The Morgan fingerprint density at radius 2 is 2.04 bits per heavy atom. The molecular formula is C15H14N6O4S. The molecular weight excluding hydrogens is 360 g/mol. The van der Waals surface area contributed by atoms with Gasteiger partial charge in [-0.05, 0) is 46.8 Å². The van der Waals surface area contributed by atoms with E-state index in [-0.39, 0.29) is 16.2 Å². The van der Waals surface area contributed by atoms with Crippen molar-refractivity contribution in [1.29, 1.82) is 0 Å². The van der Waals surface area contributed by atoms with Crippen LogP contribution in [0.2, 0.25) is 0 Å². The summed E-state index contributed by atoms with van der Waals surface area (Å²) >= 11 is 0. The number of nitrogens with one attached hydrogen (secondary N) is 1. The molecule has 0 atom stereocenters. The number of tetrazole rings is 1. The fourth-order valence-corrected chi connectivity index (χ4v) is 3.33. The van der Waals surface area contributed by atoms with Gasteiger partial charge in [-0.1, -0.05) is 6.07 Å². The number of benzene rings is 2. The van der Waals surface area contributed by atoms with Gasteiger partial charge in [0.25, 0.3) is 15.9 Å². The largest absolute Gasteiger partial charge is 0.496 e.